The van der Waals surface area contributed by atoms with Crippen molar-refractivity contribution in [2.45, 2.75) is 38.1 Å². The molecule has 1 aliphatic carbocycles. The Kier molecular flexibility index (Phi) is 4.38. The molecule has 0 aliphatic heterocycles. The first kappa shape index (κ1) is 13.8. The lowest BCUT2D eigenvalue weighted by Crippen LogP contribution is -2.48. The molecule has 0 spiro atoms. The summed E-state index contributed by atoms with van der Waals surface area (Å²) in [6, 6.07) is 7.99. The van der Waals surface area contributed by atoms with Crippen LogP contribution in [-0.2, 0) is 4.79 Å². The van der Waals surface area contributed by atoms with Gasteiger partial charge in [-0.1, -0.05) is 42.7 Å². The van der Waals surface area contributed by atoms with E-state index in [9.17, 15) is 9.90 Å². The van der Waals surface area contributed by atoms with Crippen molar-refractivity contribution in [3.05, 3.63) is 41.5 Å². The summed E-state index contributed by atoms with van der Waals surface area (Å²) in [5.74, 6) is -0.127. The molecular formula is C16H21NO2. The molecule has 0 atom stereocenters. The van der Waals surface area contributed by atoms with Gasteiger partial charge in [-0.2, -0.15) is 0 Å². The third-order valence-corrected chi connectivity index (χ3v) is 3.72. The Morgan fingerprint density at radius 2 is 2.16 bits per heavy atom. The van der Waals surface area contributed by atoms with E-state index >= 15 is 0 Å². The lowest BCUT2D eigenvalue weighted by atomic mass is 9.99. The molecule has 1 aromatic carbocycles. The minimum Gasteiger partial charge on any atom is -0.394 e. The van der Waals surface area contributed by atoms with Gasteiger partial charge in [0.15, 0.2) is 0 Å². The van der Waals surface area contributed by atoms with Crippen molar-refractivity contribution in [1.29, 1.82) is 0 Å². The number of aliphatic hydroxyl groups excluding tert-OH is 1. The molecule has 2 N–H and O–H groups in total. The van der Waals surface area contributed by atoms with Crippen molar-refractivity contribution in [3.8, 4) is 0 Å². The summed E-state index contributed by atoms with van der Waals surface area (Å²) in [6.07, 6.45) is 7.23. The van der Waals surface area contributed by atoms with E-state index in [2.05, 4.69) is 5.32 Å². The fourth-order valence-corrected chi connectivity index (χ4v) is 2.62. The molecule has 102 valence electrons. The average Bonchev–Trinajstić information content (AvgIpc) is 2.86. The van der Waals surface area contributed by atoms with Crippen molar-refractivity contribution >= 4 is 12.0 Å². The summed E-state index contributed by atoms with van der Waals surface area (Å²) in [5, 5.41) is 12.4. The van der Waals surface area contributed by atoms with Gasteiger partial charge in [0.05, 0.1) is 12.1 Å². The van der Waals surface area contributed by atoms with Crippen molar-refractivity contribution in [2.75, 3.05) is 6.61 Å². The number of rotatable bonds is 4. The molecule has 0 bridgehead atoms. The van der Waals surface area contributed by atoms with E-state index in [4.69, 9.17) is 0 Å². The Hall–Kier alpha value is -1.61. The zero-order valence-electron chi connectivity index (χ0n) is 11.4. The smallest absolute Gasteiger partial charge is 0.244 e. The number of carbonyl (C=O) groups excluding carboxylic acids is 1. The molecule has 1 aliphatic rings. The number of nitrogens with one attached hydrogen (secondary N) is 1. The maximum atomic E-state index is 11.9. The molecule has 19 heavy (non-hydrogen) atoms. The summed E-state index contributed by atoms with van der Waals surface area (Å²) < 4.78 is 0. The Bertz CT molecular complexity index is 473. The summed E-state index contributed by atoms with van der Waals surface area (Å²) in [5.41, 5.74) is 1.79. The number of carbonyl (C=O) groups is 1. The highest BCUT2D eigenvalue weighted by Gasteiger charge is 2.33. The molecule has 1 aromatic rings. The third kappa shape index (κ3) is 3.67. The predicted octanol–water partition coefficient (Wildman–Crippen LogP) is 2.43. The van der Waals surface area contributed by atoms with Crippen LogP contribution in [0.4, 0.5) is 0 Å². The van der Waals surface area contributed by atoms with E-state index in [-0.39, 0.29) is 12.5 Å². The third-order valence-electron chi connectivity index (χ3n) is 3.72. The summed E-state index contributed by atoms with van der Waals surface area (Å²) in [4.78, 5) is 11.9. The van der Waals surface area contributed by atoms with Gasteiger partial charge in [-0.15, -0.1) is 0 Å². The maximum Gasteiger partial charge on any atom is 0.244 e. The second-order valence-electron chi connectivity index (χ2n) is 5.38. The van der Waals surface area contributed by atoms with Gasteiger partial charge in [0.1, 0.15) is 0 Å². The van der Waals surface area contributed by atoms with Crippen LogP contribution < -0.4 is 5.32 Å². The number of amides is 1. The van der Waals surface area contributed by atoms with Crippen LogP contribution in [0.5, 0.6) is 0 Å². The summed E-state index contributed by atoms with van der Waals surface area (Å²) >= 11 is 0. The Morgan fingerprint density at radius 1 is 1.42 bits per heavy atom. The van der Waals surface area contributed by atoms with Crippen LogP contribution in [0, 0.1) is 6.92 Å². The van der Waals surface area contributed by atoms with E-state index < -0.39 is 5.54 Å². The maximum absolute atomic E-state index is 11.9. The van der Waals surface area contributed by atoms with Gasteiger partial charge in [-0.3, -0.25) is 4.79 Å². The van der Waals surface area contributed by atoms with Gasteiger partial charge < -0.3 is 10.4 Å². The second kappa shape index (κ2) is 6.02. The van der Waals surface area contributed by atoms with Crippen LogP contribution in [0.1, 0.15) is 36.8 Å². The largest absolute Gasteiger partial charge is 0.394 e. The normalized spacial score (nSPS) is 17.8. The number of hydrogen-bond donors (Lipinski definition) is 2. The van der Waals surface area contributed by atoms with E-state index in [1.807, 2.05) is 37.3 Å². The molecule has 0 unspecified atom stereocenters. The predicted molar refractivity (Wildman–Crippen MR) is 76.6 cm³/mol. The first-order valence-electron chi connectivity index (χ1n) is 6.81. The zero-order chi connectivity index (χ0) is 13.7. The van der Waals surface area contributed by atoms with Gasteiger partial charge in [-0.25, -0.2) is 0 Å². The molecule has 1 saturated carbocycles. The minimum absolute atomic E-state index is 0.0248. The monoisotopic (exact) mass is 259 g/mol. The van der Waals surface area contributed by atoms with Crippen LogP contribution >= 0.6 is 0 Å². The Labute approximate surface area is 114 Å². The Balaban J connectivity index is 1.97. The standard InChI is InChI=1S/C16H21NO2/c1-13-5-4-6-14(11-13)7-8-15(19)17-16(12-18)9-2-3-10-16/h4-8,11,18H,2-3,9-10,12H2,1H3,(H,17,19). The lowest BCUT2D eigenvalue weighted by molar-refractivity contribution is -0.118. The molecule has 1 amide bonds. The first-order valence-corrected chi connectivity index (χ1v) is 6.81. The zero-order valence-corrected chi connectivity index (χ0v) is 11.4. The number of benzene rings is 1. The van der Waals surface area contributed by atoms with Gasteiger partial charge in [0, 0.05) is 6.08 Å². The topological polar surface area (TPSA) is 49.3 Å². The molecule has 0 radical (unpaired) electrons. The van der Waals surface area contributed by atoms with E-state index in [1.165, 1.54) is 5.56 Å². The van der Waals surface area contributed by atoms with Gasteiger partial charge >= 0.3 is 0 Å². The molecule has 3 nitrogen and oxygen atoms in total. The van der Waals surface area contributed by atoms with Crippen molar-refractivity contribution in [2.24, 2.45) is 0 Å². The van der Waals surface area contributed by atoms with Crippen molar-refractivity contribution in [1.82, 2.24) is 5.32 Å². The second-order valence-corrected chi connectivity index (χ2v) is 5.38. The first-order chi connectivity index (χ1) is 9.13. The number of aliphatic hydroxyl groups is 1. The fourth-order valence-electron chi connectivity index (χ4n) is 2.62. The van der Waals surface area contributed by atoms with Crippen LogP contribution in [0.3, 0.4) is 0 Å². The molecule has 0 aromatic heterocycles. The number of hydrogen-bond acceptors (Lipinski definition) is 2. The van der Waals surface area contributed by atoms with Crippen LogP contribution in [-0.4, -0.2) is 23.2 Å². The van der Waals surface area contributed by atoms with Crippen LogP contribution in [0.15, 0.2) is 30.3 Å². The van der Waals surface area contributed by atoms with E-state index in [1.54, 1.807) is 6.08 Å². The highest BCUT2D eigenvalue weighted by Crippen LogP contribution is 2.29. The van der Waals surface area contributed by atoms with E-state index in [0.29, 0.717) is 0 Å². The van der Waals surface area contributed by atoms with Gasteiger partial charge in [0.2, 0.25) is 5.91 Å². The SMILES string of the molecule is Cc1cccc(C=CC(=O)NC2(CO)CCCC2)c1. The minimum atomic E-state index is -0.395. The molecule has 0 heterocycles. The van der Waals surface area contributed by atoms with Gasteiger partial charge in [0.25, 0.3) is 0 Å². The van der Waals surface area contributed by atoms with Crippen LogP contribution in [0.25, 0.3) is 6.08 Å². The summed E-state index contributed by atoms with van der Waals surface area (Å²) in [7, 11) is 0. The molecule has 0 saturated heterocycles. The van der Waals surface area contributed by atoms with Crippen molar-refractivity contribution < 1.29 is 9.90 Å². The highest BCUT2D eigenvalue weighted by molar-refractivity contribution is 5.92. The fraction of sp³-hybridized carbons (Fsp3) is 0.438. The van der Waals surface area contributed by atoms with Crippen molar-refractivity contribution in [3.63, 3.8) is 0 Å². The van der Waals surface area contributed by atoms with Gasteiger partial charge in [-0.05, 0) is 31.4 Å². The quantitative estimate of drug-likeness (QED) is 0.816. The van der Waals surface area contributed by atoms with E-state index in [0.717, 1.165) is 31.2 Å². The lowest BCUT2D eigenvalue weighted by Gasteiger charge is -2.27. The molecule has 1 fully saturated rings. The number of aryl methyl sites for hydroxylation is 1. The Morgan fingerprint density at radius 3 is 2.79 bits per heavy atom. The molecule has 3 heteroatoms. The molecule has 2 rings (SSSR count). The highest BCUT2D eigenvalue weighted by atomic mass is 16.3. The average molecular weight is 259 g/mol. The summed E-state index contributed by atoms with van der Waals surface area (Å²) in [6.45, 7) is 2.05. The molecular weight excluding hydrogens is 238 g/mol. The van der Waals surface area contributed by atoms with Crippen LogP contribution in [0.2, 0.25) is 0 Å².